The first-order valence-corrected chi connectivity index (χ1v) is 11.2. The molecule has 1 amide bonds. The lowest BCUT2D eigenvalue weighted by Crippen LogP contribution is -2.35. The van der Waals surface area contributed by atoms with E-state index >= 15 is 0 Å². The number of carbonyl (C=O) groups is 1. The van der Waals surface area contributed by atoms with Crippen molar-refractivity contribution in [2.24, 2.45) is 10.8 Å². The summed E-state index contributed by atoms with van der Waals surface area (Å²) in [5.41, 5.74) is 0.324. The molecule has 1 saturated carbocycles. The van der Waals surface area contributed by atoms with E-state index in [2.05, 4.69) is 36.0 Å². The van der Waals surface area contributed by atoms with Crippen LogP contribution in [0.2, 0.25) is 0 Å². The third-order valence-corrected chi connectivity index (χ3v) is 6.82. The number of aromatic amines is 1. The molecule has 1 aromatic heterocycles. The minimum Gasteiger partial charge on any atom is -0.348 e. The number of amides is 1. The summed E-state index contributed by atoms with van der Waals surface area (Å²) < 4.78 is 38.6. The van der Waals surface area contributed by atoms with Gasteiger partial charge in [-0.25, -0.2) is 0 Å². The molecule has 2 heterocycles. The van der Waals surface area contributed by atoms with Crippen molar-refractivity contribution in [2.75, 3.05) is 6.54 Å². The Hall–Kier alpha value is -2.61. The van der Waals surface area contributed by atoms with Gasteiger partial charge in [-0.05, 0) is 59.9 Å². The van der Waals surface area contributed by atoms with Gasteiger partial charge in [0.05, 0.1) is 5.56 Å². The summed E-state index contributed by atoms with van der Waals surface area (Å²) in [6.07, 6.45) is -0.970. The van der Waals surface area contributed by atoms with Crippen LogP contribution in [-0.4, -0.2) is 28.4 Å². The van der Waals surface area contributed by atoms with Crippen molar-refractivity contribution < 1.29 is 18.0 Å². The van der Waals surface area contributed by atoms with Gasteiger partial charge in [0, 0.05) is 31.4 Å². The van der Waals surface area contributed by atoms with Gasteiger partial charge in [0.2, 0.25) is 0 Å². The van der Waals surface area contributed by atoms with E-state index in [-0.39, 0.29) is 17.5 Å². The lowest BCUT2D eigenvalue weighted by molar-refractivity contribution is -0.137. The quantitative estimate of drug-likeness (QED) is 0.677. The third kappa shape index (κ3) is 5.32. The number of benzene rings is 1. The lowest BCUT2D eigenvalue weighted by Gasteiger charge is -2.39. The molecule has 1 aliphatic heterocycles. The molecule has 0 spiro atoms. The molecule has 33 heavy (non-hydrogen) atoms. The first-order valence-electron chi connectivity index (χ1n) is 11.2. The highest BCUT2D eigenvalue weighted by molar-refractivity contribution is 5.93. The molecule has 1 aromatic carbocycles. The van der Waals surface area contributed by atoms with Gasteiger partial charge in [0.25, 0.3) is 11.5 Å². The second kappa shape index (κ2) is 8.31. The van der Waals surface area contributed by atoms with Crippen molar-refractivity contribution in [3.8, 4) is 0 Å². The van der Waals surface area contributed by atoms with E-state index in [0.717, 1.165) is 37.2 Å². The summed E-state index contributed by atoms with van der Waals surface area (Å²) in [6, 6.07) is 8.47. The van der Waals surface area contributed by atoms with Crippen LogP contribution in [0.25, 0.3) is 0 Å². The predicted molar refractivity (Wildman–Crippen MR) is 120 cm³/mol. The minimum absolute atomic E-state index is 0.0565. The standard InChI is InChI=1S/C25H30F3N3O2/c1-23(2)10-19-11-24(3,14-23)15-31(19)13-18-7-8-20(22(33)30-18)21(32)29-12-16-5-4-6-17(9-16)25(26,27)28/h4-9,19H,10-15H2,1-3H3,(H,29,32)(H,30,33)/t19-,24-/m0/s1. The molecule has 2 atom stereocenters. The van der Waals surface area contributed by atoms with E-state index in [4.69, 9.17) is 0 Å². The molecule has 8 heteroatoms. The number of halogens is 3. The molecule has 2 bridgehead atoms. The number of alkyl halides is 3. The van der Waals surface area contributed by atoms with Crippen LogP contribution in [-0.2, 0) is 19.3 Å². The van der Waals surface area contributed by atoms with E-state index in [9.17, 15) is 22.8 Å². The van der Waals surface area contributed by atoms with E-state index in [1.165, 1.54) is 24.6 Å². The predicted octanol–water partition coefficient (Wildman–Crippen LogP) is 4.72. The summed E-state index contributed by atoms with van der Waals surface area (Å²) in [6.45, 7) is 8.47. The fraction of sp³-hybridized carbons (Fsp3) is 0.520. The van der Waals surface area contributed by atoms with Gasteiger partial charge in [-0.3, -0.25) is 14.5 Å². The van der Waals surface area contributed by atoms with E-state index in [1.54, 1.807) is 6.07 Å². The smallest absolute Gasteiger partial charge is 0.348 e. The van der Waals surface area contributed by atoms with Gasteiger partial charge in [0.15, 0.2) is 0 Å². The van der Waals surface area contributed by atoms with Crippen LogP contribution in [0.3, 0.4) is 0 Å². The highest BCUT2D eigenvalue weighted by atomic mass is 19.4. The molecule has 0 unspecified atom stereocenters. The number of hydrogen-bond donors (Lipinski definition) is 2. The lowest BCUT2D eigenvalue weighted by atomic mass is 9.65. The topological polar surface area (TPSA) is 65.2 Å². The van der Waals surface area contributed by atoms with Crippen LogP contribution in [0.4, 0.5) is 13.2 Å². The van der Waals surface area contributed by atoms with Crippen LogP contribution in [0.15, 0.2) is 41.2 Å². The SMILES string of the molecule is CC1(C)C[C@H]2C[C@](C)(CN2Cc2ccc(C(=O)NCc3cccc(C(F)(F)F)c3)c(=O)[nH]2)C1. The van der Waals surface area contributed by atoms with Crippen LogP contribution in [0.1, 0.15) is 67.2 Å². The molecule has 1 aliphatic carbocycles. The van der Waals surface area contributed by atoms with E-state index in [0.29, 0.717) is 23.6 Å². The molecule has 2 aliphatic rings. The maximum atomic E-state index is 12.9. The fourth-order valence-electron chi connectivity index (χ4n) is 5.90. The van der Waals surface area contributed by atoms with Gasteiger partial charge in [-0.1, -0.05) is 32.9 Å². The Morgan fingerprint density at radius 2 is 1.94 bits per heavy atom. The van der Waals surface area contributed by atoms with Crippen molar-refractivity contribution in [1.29, 1.82) is 0 Å². The molecule has 2 aromatic rings. The summed E-state index contributed by atoms with van der Waals surface area (Å²) >= 11 is 0. The number of nitrogens with one attached hydrogen (secondary N) is 2. The average Bonchev–Trinajstić information content (AvgIpc) is 2.93. The van der Waals surface area contributed by atoms with Crippen molar-refractivity contribution >= 4 is 5.91 Å². The first kappa shape index (κ1) is 23.5. The highest BCUT2D eigenvalue weighted by Gasteiger charge is 2.49. The monoisotopic (exact) mass is 461 g/mol. The Morgan fingerprint density at radius 1 is 1.18 bits per heavy atom. The van der Waals surface area contributed by atoms with Crippen molar-refractivity contribution in [3.05, 3.63) is 69.1 Å². The molecule has 1 saturated heterocycles. The Balaban J connectivity index is 1.40. The van der Waals surface area contributed by atoms with Gasteiger partial charge in [-0.2, -0.15) is 13.2 Å². The molecule has 0 radical (unpaired) electrons. The third-order valence-electron chi connectivity index (χ3n) is 6.82. The highest BCUT2D eigenvalue weighted by Crippen LogP contribution is 2.52. The zero-order chi connectivity index (χ0) is 24.0. The molecular weight excluding hydrogens is 431 g/mol. The number of carbonyl (C=O) groups excluding carboxylic acids is 1. The second-order valence-corrected chi connectivity index (χ2v) is 10.7. The van der Waals surface area contributed by atoms with Crippen molar-refractivity contribution in [1.82, 2.24) is 15.2 Å². The summed E-state index contributed by atoms with van der Waals surface area (Å²) in [7, 11) is 0. The van der Waals surface area contributed by atoms with Crippen molar-refractivity contribution in [2.45, 2.75) is 65.3 Å². The van der Waals surface area contributed by atoms with E-state index in [1.807, 2.05) is 0 Å². The van der Waals surface area contributed by atoms with Crippen LogP contribution in [0.5, 0.6) is 0 Å². The first-order chi connectivity index (χ1) is 15.3. The summed E-state index contributed by atoms with van der Waals surface area (Å²) in [5.74, 6) is -0.619. The normalized spacial score (nSPS) is 24.6. The minimum atomic E-state index is -4.45. The number of nitrogens with zero attached hydrogens (tertiary/aromatic N) is 1. The molecule has 2 fully saturated rings. The molecular formula is C25H30F3N3O2. The molecule has 5 nitrogen and oxygen atoms in total. The fourth-order valence-corrected chi connectivity index (χ4v) is 5.90. The Morgan fingerprint density at radius 3 is 2.64 bits per heavy atom. The Bertz CT molecular complexity index is 1110. The van der Waals surface area contributed by atoms with Crippen LogP contribution < -0.4 is 10.9 Å². The second-order valence-electron chi connectivity index (χ2n) is 10.7. The maximum Gasteiger partial charge on any atom is 0.416 e. The largest absolute Gasteiger partial charge is 0.416 e. The summed E-state index contributed by atoms with van der Waals surface area (Å²) in [5, 5.41) is 2.53. The Labute approximate surface area is 191 Å². The van der Waals surface area contributed by atoms with Crippen molar-refractivity contribution in [3.63, 3.8) is 0 Å². The van der Waals surface area contributed by atoms with E-state index < -0.39 is 23.2 Å². The van der Waals surface area contributed by atoms with Gasteiger partial charge in [-0.15, -0.1) is 0 Å². The van der Waals surface area contributed by atoms with Gasteiger partial charge < -0.3 is 10.3 Å². The number of rotatable bonds is 5. The number of hydrogen-bond acceptors (Lipinski definition) is 3. The average molecular weight is 462 g/mol. The van der Waals surface area contributed by atoms with Crippen LogP contribution in [0, 0.1) is 10.8 Å². The molecule has 2 N–H and O–H groups in total. The number of H-pyrrole nitrogens is 1. The number of fused-ring (bicyclic) bond motifs is 2. The maximum absolute atomic E-state index is 12.9. The summed E-state index contributed by atoms with van der Waals surface area (Å²) in [4.78, 5) is 30.3. The molecule has 178 valence electrons. The zero-order valence-corrected chi connectivity index (χ0v) is 19.2. The number of aromatic nitrogens is 1. The van der Waals surface area contributed by atoms with Crippen LogP contribution >= 0.6 is 0 Å². The van der Waals surface area contributed by atoms with Gasteiger partial charge >= 0.3 is 6.18 Å². The number of likely N-dealkylation sites (tertiary alicyclic amines) is 1. The molecule has 4 rings (SSSR count). The van der Waals surface area contributed by atoms with Gasteiger partial charge in [0.1, 0.15) is 5.56 Å². The Kier molecular flexibility index (Phi) is 5.93. The number of pyridine rings is 1. The zero-order valence-electron chi connectivity index (χ0n) is 19.2.